The second-order valence-corrected chi connectivity index (χ2v) is 5.61. The SMILES string of the molecule is Cl.O=C(Nc1cccc(C(F)F)c1)C1(n2cccn2)CCNCC1. The fourth-order valence-corrected chi connectivity index (χ4v) is 2.92. The highest BCUT2D eigenvalue weighted by Gasteiger charge is 2.42. The lowest BCUT2D eigenvalue weighted by Crippen LogP contribution is -2.52. The van der Waals surface area contributed by atoms with E-state index in [4.69, 9.17) is 0 Å². The molecule has 1 aromatic heterocycles. The highest BCUT2D eigenvalue weighted by atomic mass is 35.5. The first kappa shape index (κ1) is 18.4. The van der Waals surface area contributed by atoms with Crippen LogP contribution in [0.15, 0.2) is 42.7 Å². The molecule has 0 spiro atoms. The minimum Gasteiger partial charge on any atom is -0.324 e. The van der Waals surface area contributed by atoms with Gasteiger partial charge in [-0.05, 0) is 44.1 Å². The third-order valence-electron chi connectivity index (χ3n) is 4.19. The van der Waals surface area contributed by atoms with E-state index in [9.17, 15) is 13.6 Å². The van der Waals surface area contributed by atoms with Gasteiger partial charge in [0.1, 0.15) is 5.54 Å². The van der Waals surface area contributed by atoms with Crippen LogP contribution >= 0.6 is 12.4 Å². The summed E-state index contributed by atoms with van der Waals surface area (Å²) in [6, 6.07) is 7.55. The molecular weight excluding hydrogens is 338 g/mol. The second-order valence-electron chi connectivity index (χ2n) is 5.61. The van der Waals surface area contributed by atoms with Crippen LogP contribution < -0.4 is 10.6 Å². The Kier molecular flexibility index (Phi) is 5.90. The van der Waals surface area contributed by atoms with Crippen molar-refractivity contribution < 1.29 is 13.6 Å². The third-order valence-corrected chi connectivity index (χ3v) is 4.19. The largest absolute Gasteiger partial charge is 0.324 e. The molecule has 0 aliphatic carbocycles. The lowest BCUT2D eigenvalue weighted by atomic mass is 9.87. The van der Waals surface area contributed by atoms with Crippen molar-refractivity contribution >= 4 is 24.0 Å². The predicted molar refractivity (Wildman–Crippen MR) is 89.6 cm³/mol. The number of anilines is 1. The number of carbonyl (C=O) groups excluding carboxylic acids is 1. The molecule has 0 radical (unpaired) electrons. The van der Waals surface area contributed by atoms with Crippen LogP contribution in [0.5, 0.6) is 0 Å². The average molecular weight is 357 g/mol. The third kappa shape index (κ3) is 3.57. The quantitative estimate of drug-likeness (QED) is 0.885. The van der Waals surface area contributed by atoms with E-state index < -0.39 is 12.0 Å². The van der Waals surface area contributed by atoms with Crippen molar-refractivity contribution in [2.75, 3.05) is 18.4 Å². The summed E-state index contributed by atoms with van der Waals surface area (Å²) in [4.78, 5) is 12.9. The molecule has 5 nitrogen and oxygen atoms in total. The van der Waals surface area contributed by atoms with Gasteiger partial charge in [0.05, 0.1) is 0 Å². The van der Waals surface area contributed by atoms with Gasteiger partial charge in [-0.1, -0.05) is 12.1 Å². The van der Waals surface area contributed by atoms with E-state index in [0.717, 1.165) is 0 Å². The van der Waals surface area contributed by atoms with Crippen molar-refractivity contribution in [2.45, 2.75) is 24.8 Å². The Balaban J connectivity index is 0.00000208. The van der Waals surface area contributed by atoms with Crippen LogP contribution in [-0.4, -0.2) is 28.8 Å². The van der Waals surface area contributed by atoms with Gasteiger partial charge in [0.2, 0.25) is 0 Å². The molecule has 3 rings (SSSR count). The Morgan fingerprint density at radius 1 is 1.29 bits per heavy atom. The van der Waals surface area contributed by atoms with Crippen molar-refractivity contribution in [3.63, 3.8) is 0 Å². The zero-order chi connectivity index (χ0) is 16.3. The van der Waals surface area contributed by atoms with E-state index >= 15 is 0 Å². The topological polar surface area (TPSA) is 59.0 Å². The summed E-state index contributed by atoms with van der Waals surface area (Å²) in [5.41, 5.74) is -0.533. The first-order valence-corrected chi connectivity index (χ1v) is 7.52. The Morgan fingerprint density at radius 3 is 2.67 bits per heavy atom. The minimum atomic E-state index is -2.56. The number of aromatic nitrogens is 2. The monoisotopic (exact) mass is 356 g/mol. The second kappa shape index (κ2) is 7.72. The van der Waals surface area contributed by atoms with Gasteiger partial charge in [-0.3, -0.25) is 9.48 Å². The molecule has 2 heterocycles. The number of alkyl halides is 2. The number of rotatable bonds is 4. The number of benzene rings is 1. The summed E-state index contributed by atoms with van der Waals surface area (Å²) in [6.45, 7) is 1.40. The van der Waals surface area contributed by atoms with E-state index in [1.165, 1.54) is 18.2 Å². The van der Waals surface area contributed by atoms with Crippen LogP contribution in [0.1, 0.15) is 24.8 Å². The molecule has 0 bridgehead atoms. The van der Waals surface area contributed by atoms with Crippen LogP contribution in [0.3, 0.4) is 0 Å². The van der Waals surface area contributed by atoms with E-state index in [-0.39, 0.29) is 23.9 Å². The van der Waals surface area contributed by atoms with Crippen LogP contribution in [-0.2, 0) is 10.3 Å². The maximum atomic E-state index is 12.9. The van der Waals surface area contributed by atoms with Gasteiger partial charge in [0, 0.05) is 23.6 Å². The summed E-state index contributed by atoms with van der Waals surface area (Å²) < 4.78 is 27.3. The van der Waals surface area contributed by atoms with Gasteiger partial charge < -0.3 is 10.6 Å². The Morgan fingerprint density at radius 2 is 2.04 bits per heavy atom. The average Bonchev–Trinajstić information content (AvgIpc) is 3.10. The van der Waals surface area contributed by atoms with Crippen molar-refractivity contribution in [1.29, 1.82) is 0 Å². The standard InChI is InChI=1S/C16H18F2N4O.ClH/c17-14(18)12-3-1-4-13(11-12)21-15(23)16(5-8-19-9-6-16)22-10-2-7-20-22;/h1-4,7,10-11,14,19H,5-6,8-9H2,(H,21,23);1H. The van der Waals surface area contributed by atoms with Crippen LogP contribution in [0, 0.1) is 0 Å². The Labute approximate surface area is 144 Å². The highest BCUT2D eigenvalue weighted by molar-refractivity contribution is 5.96. The summed E-state index contributed by atoms with van der Waals surface area (Å²) in [6.07, 6.45) is 2.02. The number of nitrogens with one attached hydrogen (secondary N) is 2. The molecule has 2 aromatic rings. The van der Waals surface area contributed by atoms with Gasteiger partial charge in [0.25, 0.3) is 12.3 Å². The van der Waals surface area contributed by atoms with Crippen LogP contribution in [0.2, 0.25) is 0 Å². The molecule has 1 aliphatic heterocycles. The molecule has 1 aromatic carbocycles. The molecular formula is C16H19ClF2N4O. The lowest BCUT2D eigenvalue weighted by Gasteiger charge is -2.36. The maximum Gasteiger partial charge on any atom is 0.263 e. The number of piperidine rings is 1. The van der Waals surface area contributed by atoms with Crippen molar-refractivity contribution in [3.05, 3.63) is 48.3 Å². The van der Waals surface area contributed by atoms with Crippen LogP contribution in [0.25, 0.3) is 0 Å². The molecule has 24 heavy (non-hydrogen) atoms. The fraction of sp³-hybridized carbons (Fsp3) is 0.375. The first-order valence-electron chi connectivity index (χ1n) is 7.52. The van der Waals surface area contributed by atoms with E-state index in [1.807, 2.05) is 0 Å². The summed E-state index contributed by atoms with van der Waals surface area (Å²) in [5.74, 6) is -0.228. The summed E-state index contributed by atoms with van der Waals surface area (Å²) in [7, 11) is 0. The molecule has 130 valence electrons. The number of hydrogen-bond donors (Lipinski definition) is 2. The Bertz CT molecular complexity index is 672. The van der Waals surface area contributed by atoms with Gasteiger partial charge in [-0.15, -0.1) is 12.4 Å². The number of halogens is 3. The first-order chi connectivity index (χ1) is 11.1. The van der Waals surface area contributed by atoms with E-state index in [1.54, 1.807) is 29.2 Å². The summed E-state index contributed by atoms with van der Waals surface area (Å²) >= 11 is 0. The number of amides is 1. The molecule has 2 N–H and O–H groups in total. The fourth-order valence-electron chi connectivity index (χ4n) is 2.92. The van der Waals surface area contributed by atoms with Crippen molar-refractivity contribution in [2.24, 2.45) is 0 Å². The zero-order valence-electron chi connectivity index (χ0n) is 12.9. The molecule has 1 saturated heterocycles. The molecule has 1 aliphatic rings. The van der Waals surface area contributed by atoms with Gasteiger partial charge in [0.15, 0.2) is 0 Å². The predicted octanol–water partition coefficient (Wildman–Crippen LogP) is 2.96. The number of carbonyl (C=O) groups is 1. The smallest absolute Gasteiger partial charge is 0.263 e. The molecule has 1 amide bonds. The minimum absolute atomic E-state index is 0. The normalized spacial score (nSPS) is 16.5. The Hall–Kier alpha value is -1.99. The molecule has 0 unspecified atom stereocenters. The molecule has 8 heteroatoms. The number of hydrogen-bond acceptors (Lipinski definition) is 3. The molecule has 0 atom stereocenters. The van der Waals surface area contributed by atoms with Gasteiger partial charge in [-0.2, -0.15) is 5.10 Å². The van der Waals surface area contributed by atoms with Gasteiger partial charge >= 0.3 is 0 Å². The highest BCUT2D eigenvalue weighted by Crippen LogP contribution is 2.29. The maximum absolute atomic E-state index is 12.9. The number of nitrogens with zero attached hydrogens (tertiary/aromatic N) is 2. The van der Waals surface area contributed by atoms with Crippen molar-refractivity contribution in [3.8, 4) is 0 Å². The van der Waals surface area contributed by atoms with E-state index in [0.29, 0.717) is 31.6 Å². The van der Waals surface area contributed by atoms with Crippen molar-refractivity contribution in [1.82, 2.24) is 15.1 Å². The molecule has 1 fully saturated rings. The summed E-state index contributed by atoms with van der Waals surface area (Å²) in [5, 5.41) is 10.2. The van der Waals surface area contributed by atoms with Gasteiger partial charge in [-0.25, -0.2) is 8.78 Å². The van der Waals surface area contributed by atoms with E-state index in [2.05, 4.69) is 15.7 Å². The zero-order valence-corrected chi connectivity index (χ0v) is 13.7. The lowest BCUT2D eigenvalue weighted by molar-refractivity contribution is -0.126. The molecule has 0 saturated carbocycles. The van der Waals surface area contributed by atoms with Crippen LogP contribution in [0.4, 0.5) is 14.5 Å².